The Morgan fingerprint density at radius 2 is 1.94 bits per heavy atom. The molecule has 1 heterocycles. The topological polar surface area (TPSA) is 64.9 Å². The number of aromatic nitrogens is 2. The second-order valence-corrected chi connectivity index (χ2v) is 3.99. The molecule has 0 fully saturated rings. The van der Waals surface area contributed by atoms with Gasteiger partial charge in [-0.2, -0.15) is 13.2 Å². The average Bonchev–Trinajstić information content (AvgIpc) is 2.63. The van der Waals surface area contributed by atoms with Crippen molar-refractivity contribution in [1.29, 1.82) is 0 Å². The average molecular weight is 308 g/mol. The lowest BCUT2D eigenvalue weighted by molar-refractivity contribution is -0.137. The van der Waals surface area contributed by atoms with E-state index in [4.69, 9.17) is 10.2 Å². The molecule has 17 heavy (non-hydrogen) atoms. The molecule has 0 atom stereocenters. The van der Waals surface area contributed by atoms with Gasteiger partial charge in [0.2, 0.25) is 0 Å². The van der Waals surface area contributed by atoms with Gasteiger partial charge in [-0.15, -0.1) is 5.10 Å². The van der Waals surface area contributed by atoms with Crippen molar-refractivity contribution in [2.24, 2.45) is 0 Å². The second-order valence-electron chi connectivity index (χ2n) is 3.14. The van der Waals surface area contributed by atoms with Gasteiger partial charge < -0.3 is 10.2 Å². The summed E-state index contributed by atoms with van der Waals surface area (Å²) in [6.45, 7) is 0. The fourth-order valence-electron chi connectivity index (χ4n) is 1.21. The summed E-state index contributed by atoms with van der Waals surface area (Å²) in [6.07, 6.45) is -4.43. The van der Waals surface area contributed by atoms with Gasteiger partial charge in [0, 0.05) is 4.47 Å². The number of rotatable bonds is 1. The molecule has 1 aromatic carbocycles. The third-order valence-electron chi connectivity index (χ3n) is 1.96. The van der Waals surface area contributed by atoms with Crippen LogP contribution in [0.15, 0.2) is 27.1 Å². The van der Waals surface area contributed by atoms with Crippen molar-refractivity contribution in [2.45, 2.75) is 6.18 Å². The second kappa shape index (κ2) is 4.02. The number of halogens is 4. The van der Waals surface area contributed by atoms with Crippen molar-refractivity contribution < 1.29 is 17.6 Å². The summed E-state index contributed by atoms with van der Waals surface area (Å²) in [5.74, 6) is -0.0690. The van der Waals surface area contributed by atoms with Gasteiger partial charge in [-0.1, -0.05) is 5.10 Å². The van der Waals surface area contributed by atoms with Crippen LogP contribution < -0.4 is 5.73 Å². The van der Waals surface area contributed by atoms with Crippen molar-refractivity contribution >= 4 is 21.9 Å². The predicted octanol–water partition coefficient (Wildman–Crippen LogP) is 3.10. The third kappa shape index (κ3) is 2.41. The first-order chi connectivity index (χ1) is 7.88. The van der Waals surface area contributed by atoms with Crippen molar-refractivity contribution in [3.63, 3.8) is 0 Å². The van der Waals surface area contributed by atoms with E-state index >= 15 is 0 Å². The molecule has 2 rings (SSSR count). The quantitative estimate of drug-likeness (QED) is 0.879. The van der Waals surface area contributed by atoms with Gasteiger partial charge in [0.25, 0.3) is 5.89 Å². The highest BCUT2D eigenvalue weighted by Crippen LogP contribution is 2.35. The zero-order valence-corrected chi connectivity index (χ0v) is 9.71. The predicted molar refractivity (Wildman–Crippen MR) is 56.8 cm³/mol. The highest BCUT2D eigenvalue weighted by molar-refractivity contribution is 9.10. The number of alkyl halides is 3. The third-order valence-corrected chi connectivity index (χ3v) is 2.66. The van der Waals surface area contributed by atoms with E-state index in [1.54, 1.807) is 0 Å². The Labute approximate surface area is 102 Å². The van der Waals surface area contributed by atoms with E-state index in [1.165, 1.54) is 6.07 Å². The molecule has 0 aliphatic rings. The normalized spacial score (nSPS) is 11.8. The van der Waals surface area contributed by atoms with Gasteiger partial charge >= 0.3 is 12.2 Å². The Morgan fingerprint density at radius 3 is 2.47 bits per heavy atom. The van der Waals surface area contributed by atoms with Gasteiger partial charge in [-0.3, -0.25) is 0 Å². The largest absolute Gasteiger partial charge is 0.416 e. The number of anilines is 1. The number of hydrogen-bond acceptors (Lipinski definition) is 4. The molecule has 0 bridgehead atoms. The maximum Gasteiger partial charge on any atom is 0.416 e. The van der Waals surface area contributed by atoms with Crippen LogP contribution in [0.3, 0.4) is 0 Å². The first-order valence-electron chi connectivity index (χ1n) is 4.34. The lowest BCUT2D eigenvalue weighted by atomic mass is 10.1. The van der Waals surface area contributed by atoms with Gasteiger partial charge in [0.1, 0.15) is 0 Å². The lowest BCUT2D eigenvalue weighted by Gasteiger charge is -2.08. The molecule has 2 aromatic rings. The van der Waals surface area contributed by atoms with E-state index < -0.39 is 11.7 Å². The standard InChI is InChI=1S/C9H5BrF3N3O/c10-6-2-1-4(9(11,12)13)3-5(6)7-15-16-8(14)17-7/h1-3H,(H2,14,16). The summed E-state index contributed by atoms with van der Waals surface area (Å²) in [5.41, 5.74) is 4.56. The van der Waals surface area contributed by atoms with Crippen LogP contribution >= 0.6 is 15.9 Å². The first kappa shape index (κ1) is 11.9. The molecule has 1 aromatic heterocycles. The fraction of sp³-hybridized carbons (Fsp3) is 0.111. The molecule has 8 heteroatoms. The summed E-state index contributed by atoms with van der Waals surface area (Å²) in [7, 11) is 0. The van der Waals surface area contributed by atoms with Crippen LogP contribution in [0.2, 0.25) is 0 Å². The van der Waals surface area contributed by atoms with Crippen LogP contribution in [0.5, 0.6) is 0 Å². The summed E-state index contributed by atoms with van der Waals surface area (Å²) in [4.78, 5) is 0. The van der Waals surface area contributed by atoms with Crippen LogP contribution in [0.25, 0.3) is 11.5 Å². The van der Waals surface area contributed by atoms with Crippen molar-refractivity contribution in [1.82, 2.24) is 10.2 Å². The first-order valence-corrected chi connectivity index (χ1v) is 5.13. The van der Waals surface area contributed by atoms with E-state index in [0.717, 1.165) is 12.1 Å². The molecule has 2 N–H and O–H groups in total. The van der Waals surface area contributed by atoms with Gasteiger partial charge in [0.05, 0.1) is 11.1 Å². The van der Waals surface area contributed by atoms with E-state index in [2.05, 4.69) is 26.1 Å². The molecular weight excluding hydrogens is 303 g/mol. The molecular formula is C9H5BrF3N3O. The number of hydrogen-bond donors (Lipinski definition) is 1. The van der Waals surface area contributed by atoms with Crippen molar-refractivity contribution in [3.05, 3.63) is 28.2 Å². The monoisotopic (exact) mass is 307 g/mol. The molecule has 4 nitrogen and oxygen atoms in total. The SMILES string of the molecule is Nc1nnc(-c2cc(C(F)(F)F)ccc2Br)o1. The van der Waals surface area contributed by atoms with Crippen LogP contribution in [-0.4, -0.2) is 10.2 Å². The van der Waals surface area contributed by atoms with E-state index in [1.807, 2.05) is 0 Å². The van der Waals surface area contributed by atoms with Crippen LogP contribution in [-0.2, 0) is 6.18 Å². The summed E-state index contributed by atoms with van der Waals surface area (Å²) in [5, 5.41) is 6.92. The Balaban J connectivity index is 2.54. The number of nitrogens with zero attached hydrogens (tertiary/aromatic N) is 2. The van der Waals surface area contributed by atoms with E-state index in [9.17, 15) is 13.2 Å². The van der Waals surface area contributed by atoms with Crippen LogP contribution in [0.1, 0.15) is 5.56 Å². The smallest absolute Gasteiger partial charge is 0.404 e. The van der Waals surface area contributed by atoms with Crippen molar-refractivity contribution in [2.75, 3.05) is 5.73 Å². The highest BCUT2D eigenvalue weighted by atomic mass is 79.9. The molecule has 90 valence electrons. The molecule has 0 saturated carbocycles. The maximum atomic E-state index is 12.5. The minimum absolute atomic E-state index is 0.0690. The van der Waals surface area contributed by atoms with Crippen LogP contribution in [0.4, 0.5) is 19.2 Å². The fourth-order valence-corrected chi connectivity index (χ4v) is 1.63. The van der Waals surface area contributed by atoms with Crippen molar-refractivity contribution in [3.8, 4) is 11.5 Å². The molecule has 0 amide bonds. The molecule has 0 aliphatic carbocycles. The lowest BCUT2D eigenvalue weighted by Crippen LogP contribution is -2.04. The number of benzene rings is 1. The molecule has 0 unspecified atom stereocenters. The van der Waals surface area contributed by atoms with Gasteiger partial charge in [-0.05, 0) is 34.1 Å². The summed E-state index contributed by atoms with van der Waals surface area (Å²) >= 11 is 3.11. The summed E-state index contributed by atoms with van der Waals surface area (Å²) < 4.78 is 42.8. The highest BCUT2D eigenvalue weighted by Gasteiger charge is 2.31. The van der Waals surface area contributed by atoms with Gasteiger partial charge in [0.15, 0.2) is 0 Å². The minimum atomic E-state index is -4.43. The van der Waals surface area contributed by atoms with Gasteiger partial charge in [-0.25, -0.2) is 0 Å². The number of nitrogen functional groups attached to an aromatic ring is 1. The Bertz CT molecular complexity index is 553. The minimum Gasteiger partial charge on any atom is -0.404 e. The van der Waals surface area contributed by atoms with E-state index in [-0.39, 0.29) is 17.5 Å². The molecule has 0 aliphatic heterocycles. The zero-order chi connectivity index (χ0) is 12.6. The zero-order valence-electron chi connectivity index (χ0n) is 8.12. The van der Waals surface area contributed by atoms with E-state index in [0.29, 0.717) is 4.47 Å². The number of nitrogens with two attached hydrogens (primary N) is 1. The molecule has 0 radical (unpaired) electrons. The Hall–Kier alpha value is -1.57. The summed E-state index contributed by atoms with van der Waals surface area (Å²) in [6, 6.07) is 2.92. The maximum absolute atomic E-state index is 12.5. The Kier molecular flexibility index (Phi) is 2.82. The Morgan fingerprint density at radius 1 is 1.24 bits per heavy atom. The van der Waals surface area contributed by atoms with Crippen LogP contribution in [0, 0.1) is 0 Å². The molecule has 0 saturated heterocycles. The molecule has 0 spiro atoms.